The molecule has 1 amide bonds. The monoisotopic (exact) mass is 248 g/mol. The SMILES string of the molecule is CC1(C)C(O)CCN1C(=O)CCc1ccccn1. The normalized spacial score (nSPS) is 22.2. The van der Waals surface area contributed by atoms with E-state index in [0.29, 0.717) is 25.8 Å². The quantitative estimate of drug-likeness (QED) is 0.879. The number of hydrogen-bond donors (Lipinski definition) is 1. The van der Waals surface area contributed by atoms with Crippen LogP contribution < -0.4 is 0 Å². The van der Waals surface area contributed by atoms with Crippen LogP contribution in [0.3, 0.4) is 0 Å². The first-order valence-corrected chi connectivity index (χ1v) is 6.40. The van der Waals surface area contributed by atoms with E-state index in [-0.39, 0.29) is 5.91 Å². The van der Waals surface area contributed by atoms with Gasteiger partial charge in [0.05, 0.1) is 11.6 Å². The summed E-state index contributed by atoms with van der Waals surface area (Å²) in [7, 11) is 0. The van der Waals surface area contributed by atoms with Crippen LogP contribution in [-0.4, -0.2) is 39.1 Å². The van der Waals surface area contributed by atoms with Gasteiger partial charge < -0.3 is 10.0 Å². The first-order chi connectivity index (χ1) is 8.51. The molecular weight excluding hydrogens is 228 g/mol. The van der Waals surface area contributed by atoms with Gasteiger partial charge in [-0.05, 0) is 38.8 Å². The van der Waals surface area contributed by atoms with E-state index in [1.54, 1.807) is 11.1 Å². The number of aliphatic hydroxyl groups excluding tert-OH is 1. The summed E-state index contributed by atoms with van der Waals surface area (Å²) in [6.45, 7) is 4.49. The number of amides is 1. The number of nitrogens with zero attached hydrogens (tertiary/aromatic N) is 2. The standard InChI is InChI=1S/C14H20N2O2/c1-14(2)12(17)8-10-16(14)13(18)7-6-11-5-3-4-9-15-11/h3-5,9,12,17H,6-8,10H2,1-2H3. The number of aromatic nitrogens is 1. The molecule has 0 spiro atoms. The number of carbonyl (C=O) groups excluding carboxylic acids is 1. The highest BCUT2D eigenvalue weighted by Gasteiger charge is 2.42. The Morgan fingerprint density at radius 2 is 2.33 bits per heavy atom. The van der Waals surface area contributed by atoms with Crippen molar-refractivity contribution in [3.05, 3.63) is 30.1 Å². The average molecular weight is 248 g/mol. The van der Waals surface area contributed by atoms with Crippen LogP contribution in [0.2, 0.25) is 0 Å². The number of pyridine rings is 1. The Kier molecular flexibility index (Phi) is 3.66. The van der Waals surface area contributed by atoms with E-state index in [0.717, 1.165) is 5.69 Å². The van der Waals surface area contributed by atoms with E-state index in [2.05, 4.69) is 4.98 Å². The molecule has 1 aliphatic rings. The Morgan fingerprint density at radius 1 is 1.56 bits per heavy atom. The first kappa shape index (κ1) is 13.0. The van der Waals surface area contributed by atoms with Crippen LogP contribution in [0.15, 0.2) is 24.4 Å². The first-order valence-electron chi connectivity index (χ1n) is 6.40. The summed E-state index contributed by atoms with van der Waals surface area (Å²) in [5.74, 6) is 0.0993. The van der Waals surface area contributed by atoms with Gasteiger partial charge in [0.25, 0.3) is 0 Å². The van der Waals surface area contributed by atoms with Crippen molar-refractivity contribution >= 4 is 5.91 Å². The molecule has 1 aromatic heterocycles. The molecule has 1 aliphatic heterocycles. The van der Waals surface area contributed by atoms with Crippen LogP contribution in [-0.2, 0) is 11.2 Å². The molecule has 1 N–H and O–H groups in total. The van der Waals surface area contributed by atoms with Crippen LogP contribution in [0.5, 0.6) is 0 Å². The lowest BCUT2D eigenvalue weighted by atomic mass is 9.98. The maximum absolute atomic E-state index is 12.2. The van der Waals surface area contributed by atoms with Crippen molar-refractivity contribution in [1.29, 1.82) is 0 Å². The minimum atomic E-state index is -0.443. The van der Waals surface area contributed by atoms with Gasteiger partial charge >= 0.3 is 0 Å². The second-order valence-corrected chi connectivity index (χ2v) is 5.32. The zero-order valence-corrected chi connectivity index (χ0v) is 11.0. The number of aryl methyl sites for hydroxylation is 1. The molecule has 1 atom stereocenters. The molecule has 2 heterocycles. The van der Waals surface area contributed by atoms with Crippen LogP contribution in [0.1, 0.15) is 32.4 Å². The molecule has 98 valence electrons. The Labute approximate surface area is 108 Å². The highest BCUT2D eigenvalue weighted by molar-refractivity contribution is 5.77. The molecule has 4 heteroatoms. The second-order valence-electron chi connectivity index (χ2n) is 5.32. The van der Waals surface area contributed by atoms with Crippen molar-refractivity contribution in [2.45, 2.75) is 44.8 Å². The Hall–Kier alpha value is -1.42. The van der Waals surface area contributed by atoms with Gasteiger partial charge in [0.15, 0.2) is 0 Å². The lowest BCUT2D eigenvalue weighted by molar-refractivity contribution is -0.136. The van der Waals surface area contributed by atoms with E-state index < -0.39 is 11.6 Å². The number of likely N-dealkylation sites (tertiary alicyclic amines) is 1. The minimum absolute atomic E-state index is 0.0993. The number of hydrogen-bond acceptors (Lipinski definition) is 3. The molecular formula is C14H20N2O2. The third-order valence-corrected chi connectivity index (χ3v) is 3.76. The van der Waals surface area contributed by atoms with E-state index >= 15 is 0 Å². The molecule has 0 aromatic carbocycles. The minimum Gasteiger partial charge on any atom is -0.391 e. The molecule has 0 radical (unpaired) electrons. The zero-order chi connectivity index (χ0) is 13.2. The van der Waals surface area contributed by atoms with Crippen LogP contribution in [0.25, 0.3) is 0 Å². The molecule has 18 heavy (non-hydrogen) atoms. The predicted octanol–water partition coefficient (Wildman–Crippen LogP) is 1.39. The lowest BCUT2D eigenvalue weighted by Gasteiger charge is -2.33. The fraction of sp³-hybridized carbons (Fsp3) is 0.571. The number of aliphatic hydroxyl groups is 1. The van der Waals surface area contributed by atoms with Crippen molar-refractivity contribution < 1.29 is 9.90 Å². The van der Waals surface area contributed by atoms with Crippen molar-refractivity contribution in [2.75, 3.05) is 6.54 Å². The molecule has 4 nitrogen and oxygen atoms in total. The number of rotatable bonds is 3. The van der Waals surface area contributed by atoms with Crippen LogP contribution in [0.4, 0.5) is 0 Å². The highest BCUT2D eigenvalue weighted by Crippen LogP contribution is 2.29. The second kappa shape index (κ2) is 5.06. The molecule has 1 fully saturated rings. The Balaban J connectivity index is 1.93. The molecule has 0 bridgehead atoms. The summed E-state index contributed by atoms with van der Waals surface area (Å²) < 4.78 is 0. The fourth-order valence-corrected chi connectivity index (χ4v) is 2.43. The summed E-state index contributed by atoms with van der Waals surface area (Å²) in [5.41, 5.74) is 0.490. The molecule has 1 unspecified atom stereocenters. The average Bonchev–Trinajstić information content (AvgIpc) is 2.63. The summed E-state index contributed by atoms with van der Waals surface area (Å²) in [5, 5.41) is 9.86. The summed E-state index contributed by atoms with van der Waals surface area (Å²) >= 11 is 0. The summed E-state index contributed by atoms with van der Waals surface area (Å²) in [6.07, 6.45) is 3.09. The molecule has 0 aliphatic carbocycles. The van der Waals surface area contributed by atoms with Gasteiger partial charge in [-0.3, -0.25) is 9.78 Å². The zero-order valence-electron chi connectivity index (χ0n) is 11.0. The van der Waals surface area contributed by atoms with Gasteiger partial charge in [0.1, 0.15) is 0 Å². The van der Waals surface area contributed by atoms with Crippen molar-refractivity contribution in [3.8, 4) is 0 Å². The van der Waals surface area contributed by atoms with Gasteiger partial charge in [-0.2, -0.15) is 0 Å². The molecule has 0 saturated carbocycles. The van der Waals surface area contributed by atoms with Crippen molar-refractivity contribution in [3.63, 3.8) is 0 Å². The number of carbonyl (C=O) groups is 1. The Morgan fingerprint density at radius 3 is 2.89 bits per heavy atom. The molecule has 1 aromatic rings. The van der Waals surface area contributed by atoms with Gasteiger partial charge in [0, 0.05) is 24.9 Å². The Bertz CT molecular complexity index is 417. The molecule has 2 rings (SSSR count). The van der Waals surface area contributed by atoms with E-state index in [4.69, 9.17) is 0 Å². The van der Waals surface area contributed by atoms with E-state index in [1.807, 2.05) is 32.0 Å². The van der Waals surface area contributed by atoms with E-state index in [9.17, 15) is 9.90 Å². The van der Waals surface area contributed by atoms with Crippen molar-refractivity contribution in [1.82, 2.24) is 9.88 Å². The smallest absolute Gasteiger partial charge is 0.223 e. The van der Waals surface area contributed by atoms with Crippen LogP contribution >= 0.6 is 0 Å². The third-order valence-electron chi connectivity index (χ3n) is 3.76. The maximum Gasteiger partial charge on any atom is 0.223 e. The third kappa shape index (κ3) is 2.53. The largest absolute Gasteiger partial charge is 0.391 e. The van der Waals surface area contributed by atoms with Gasteiger partial charge in [-0.15, -0.1) is 0 Å². The van der Waals surface area contributed by atoms with Crippen molar-refractivity contribution in [2.24, 2.45) is 0 Å². The highest BCUT2D eigenvalue weighted by atomic mass is 16.3. The lowest BCUT2D eigenvalue weighted by Crippen LogP contribution is -2.48. The van der Waals surface area contributed by atoms with Gasteiger partial charge in [0.2, 0.25) is 5.91 Å². The topological polar surface area (TPSA) is 53.4 Å². The maximum atomic E-state index is 12.2. The van der Waals surface area contributed by atoms with Crippen LogP contribution in [0, 0.1) is 0 Å². The van der Waals surface area contributed by atoms with Gasteiger partial charge in [-0.25, -0.2) is 0 Å². The summed E-state index contributed by atoms with van der Waals surface area (Å²) in [6, 6.07) is 5.72. The fourth-order valence-electron chi connectivity index (χ4n) is 2.43. The predicted molar refractivity (Wildman–Crippen MR) is 69.0 cm³/mol. The summed E-state index contributed by atoms with van der Waals surface area (Å²) in [4.78, 5) is 18.2. The van der Waals surface area contributed by atoms with Gasteiger partial charge in [-0.1, -0.05) is 6.07 Å². The van der Waals surface area contributed by atoms with E-state index in [1.165, 1.54) is 0 Å². The molecule has 1 saturated heterocycles.